The van der Waals surface area contributed by atoms with E-state index in [0.717, 1.165) is 48.7 Å². The van der Waals surface area contributed by atoms with Gasteiger partial charge in [-0.25, -0.2) is 4.98 Å². The molecule has 1 aliphatic carbocycles. The molecule has 0 atom stereocenters. The maximum atomic E-state index is 13.0. The molecule has 0 N–H and O–H groups in total. The lowest BCUT2D eigenvalue weighted by molar-refractivity contribution is 0.0758. The Morgan fingerprint density at radius 1 is 1.11 bits per heavy atom. The van der Waals surface area contributed by atoms with Gasteiger partial charge in [-0.3, -0.25) is 9.78 Å². The summed E-state index contributed by atoms with van der Waals surface area (Å²) in [5, 5.41) is 9.41. The molecule has 0 saturated carbocycles. The molecule has 0 bridgehead atoms. The van der Waals surface area contributed by atoms with Gasteiger partial charge < -0.3 is 9.47 Å². The fraction of sp³-hybridized carbons (Fsp3) is 0.450. The van der Waals surface area contributed by atoms with Gasteiger partial charge in [0, 0.05) is 49.7 Å². The monoisotopic (exact) mass is 394 g/mol. The van der Waals surface area contributed by atoms with E-state index in [0.29, 0.717) is 24.5 Å². The van der Waals surface area contributed by atoms with Gasteiger partial charge in [-0.1, -0.05) is 6.07 Å². The molecule has 0 aromatic carbocycles. The molecule has 0 spiro atoms. The molecule has 144 valence electrons. The molecule has 1 aliphatic heterocycles. The number of aromatic nitrogens is 5. The Balaban J connectivity index is 1.31. The molecule has 2 aliphatic rings. The lowest BCUT2D eigenvalue weighted by Crippen LogP contribution is -2.33. The van der Waals surface area contributed by atoms with Crippen LogP contribution in [0, 0.1) is 0 Å². The molecule has 3 aromatic rings. The van der Waals surface area contributed by atoms with Gasteiger partial charge in [0.1, 0.15) is 11.6 Å². The van der Waals surface area contributed by atoms with Crippen molar-refractivity contribution >= 4 is 17.2 Å². The van der Waals surface area contributed by atoms with E-state index in [1.165, 1.54) is 17.7 Å². The van der Waals surface area contributed by atoms with Crippen LogP contribution in [0.1, 0.15) is 50.4 Å². The van der Waals surface area contributed by atoms with E-state index in [2.05, 4.69) is 24.7 Å². The molecule has 4 heterocycles. The molecule has 0 unspecified atom stereocenters. The summed E-state index contributed by atoms with van der Waals surface area (Å²) in [5.74, 6) is 1.95. The van der Waals surface area contributed by atoms with E-state index < -0.39 is 0 Å². The molecule has 0 radical (unpaired) electrons. The van der Waals surface area contributed by atoms with Crippen molar-refractivity contribution in [2.75, 3.05) is 13.1 Å². The molecule has 7 nitrogen and oxygen atoms in total. The predicted octanol–water partition coefficient (Wildman–Crippen LogP) is 2.30. The van der Waals surface area contributed by atoms with Crippen molar-refractivity contribution in [3.8, 4) is 0 Å². The Morgan fingerprint density at radius 2 is 2.04 bits per heavy atom. The summed E-state index contributed by atoms with van der Waals surface area (Å²) in [6.45, 7) is 2.04. The van der Waals surface area contributed by atoms with Crippen LogP contribution in [0.15, 0.2) is 24.5 Å². The second kappa shape index (κ2) is 7.43. The standard InChI is InChI=1S/C20H22N6OS/c27-20(19-22-15-5-1-2-6-16(15)28-19)25-9-7-17-23-24-18(26(17)11-10-25)12-14-4-3-8-21-13-14/h3-4,8,13H,1-2,5-7,9-12H2. The SMILES string of the molecule is O=C(c1nc2c(s1)CCCC2)N1CCc2nnc(Cc3cccnc3)n2CC1. The Bertz CT molecular complexity index is 972. The first-order valence-corrected chi connectivity index (χ1v) is 10.7. The number of carbonyl (C=O) groups is 1. The first-order valence-electron chi connectivity index (χ1n) is 9.85. The molecular formula is C20H22N6OS. The van der Waals surface area contributed by atoms with Crippen LogP contribution in [-0.4, -0.2) is 48.6 Å². The van der Waals surface area contributed by atoms with E-state index in [9.17, 15) is 4.79 Å². The minimum absolute atomic E-state index is 0.0620. The number of rotatable bonds is 3. The molecule has 3 aromatic heterocycles. The van der Waals surface area contributed by atoms with Crippen molar-refractivity contribution in [1.29, 1.82) is 0 Å². The van der Waals surface area contributed by atoms with Gasteiger partial charge in [0.2, 0.25) is 0 Å². The average molecular weight is 395 g/mol. The Hall–Kier alpha value is -2.61. The second-order valence-electron chi connectivity index (χ2n) is 7.36. The summed E-state index contributed by atoms with van der Waals surface area (Å²) >= 11 is 1.59. The third-order valence-electron chi connectivity index (χ3n) is 5.50. The van der Waals surface area contributed by atoms with Crippen LogP contribution in [0.5, 0.6) is 0 Å². The quantitative estimate of drug-likeness (QED) is 0.681. The van der Waals surface area contributed by atoms with Crippen LogP contribution in [0.4, 0.5) is 0 Å². The van der Waals surface area contributed by atoms with Crippen molar-refractivity contribution < 1.29 is 4.79 Å². The van der Waals surface area contributed by atoms with Crippen molar-refractivity contribution in [2.45, 2.75) is 45.1 Å². The van der Waals surface area contributed by atoms with Gasteiger partial charge in [0.15, 0.2) is 5.01 Å². The van der Waals surface area contributed by atoms with Gasteiger partial charge in [-0.2, -0.15) is 0 Å². The summed E-state index contributed by atoms with van der Waals surface area (Å²) < 4.78 is 2.16. The molecule has 8 heteroatoms. The van der Waals surface area contributed by atoms with Gasteiger partial charge in [-0.05, 0) is 37.3 Å². The van der Waals surface area contributed by atoms with Gasteiger partial charge in [0.25, 0.3) is 5.91 Å². The van der Waals surface area contributed by atoms with Crippen molar-refractivity contribution in [3.63, 3.8) is 0 Å². The lowest BCUT2D eigenvalue weighted by atomic mass is 10.0. The Kier molecular flexibility index (Phi) is 4.64. The van der Waals surface area contributed by atoms with Crippen LogP contribution in [-0.2, 0) is 32.2 Å². The Labute approximate surface area is 167 Å². The number of amides is 1. The highest BCUT2D eigenvalue weighted by molar-refractivity contribution is 7.13. The normalized spacial score (nSPS) is 16.4. The third-order valence-corrected chi connectivity index (χ3v) is 6.65. The topological polar surface area (TPSA) is 76.8 Å². The number of nitrogens with zero attached hydrogens (tertiary/aromatic N) is 6. The van der Waals surface area contributed by atoms with Crippen LogP contribution in [0.25, 0.3) is 0 Å². The minimum atomic E-state index is 0.0620. The van der Waals surface area contributed by atoms with E-state index in [1.807, 2.05) is 23.2 Å². The van der Waals surface area contributed by atoms with Gasteiger partial charge in [0.05, 0.1) is 5.69 Å². The van der Waals surface area contributed by atoms with Crippen LogP contribution in [0.3, 0.4) is 0 Å². The number of aryl methyl sites for hydroxylation is 2. The second-order valence-corrected chi connectivity index (χ2v) is 8.44. The van der Waals surface area contributed by atoms with E-state index in [1.54, 1.807) is 17.5 Å². The number of pyridine rings is 1. The molecule has 28 heavy (non-hydrogen) atoms. The summed E-state index contributed by atoms with van der Waals surface area (Å²) in [6.07, 6.45) is 9.52. The van der Waals surface area contributed by atoms with E-state index in [-0.39, 0.29) is 5.91 Å². The Morgan fingerprint density at radius 3 is 2.89 bits per heavy atom. The number of hydrogen-bond donors (Lipinski definition) is 0. The maximum absolute atomic E-state index is 13.0. The number of hydrogen-bond acceptors (Lipinski definition) is 6. The minimum Gasteiger partial charge on any atom is -0.334 e. The molecule has 1 amide bonds. The van der Waals surface area contributed by atoms with Crippen LogP contribution >= 0.6 is 11.3 Å². The molecule has 0 fully saturated rings. The van der Waals surface area contributed by atoms with Crippen LogP contribution < -0.4 is 0 Å². The van der Waals surface area contributed by atoms with Crippen molar-refractivity contribution in [3.05, 3.63) is 57.3 Å². The first-order chi connectivity index (χ1) is 13.8. The van der Waals surface area contributed by atoms with E-state index in [4.69, 9.17) is 0 Å². The smallest absolute Gasteiger partial charge is 0.282 e. The molecular weight excluding hydrogens is 372 g/mol. The highest BCUT2D eigenvalue weighted by Crippen LogP contribution is 2.27. The lowest BCUT2D eigenvalue weighted by Gasteiger charge is -2.18. The fourth-order valence-corrected chi connectivity index (χ4v) is 5.10. The third kappa shape index (κ3) is 3.32. The highest BCUT2D eigenvalue weighted by Gasteiger charge is 2.26. The van der Waals surface area contributed by atoms with Crippen molar-refractivity contribution in [2.24, 2.45) is 0 Å². The predicted molar refractivity (Wildman–Crippen MR) is 105 cm³/mol. The highest BCUT2D eigenvalue weighted by atomic mass is 32.1. The summed E-state index contributed by atoms with van der Waals surface area (Å²) in [6, 6.07) is 3.98. The summed E-state index contributed by atoms with van der Waals surface area (Å²) in [5.41, 5.74) is 2.26. The first kappa shape index (κ1) is 17.5. The number of thiazole rings is 1. The molecule has 5 rings (SSSR count). The summed E-state index contributed by atoms with van der Waals surface area (Å²) in [7, 11) is 0. The maximum Gasteiger partial charge on any atom is 0.282 e. The zero-order valence-electron chi connectivity index (χ0n) is 15.7. The number of carbonyl (C=O) groups excluding carboxylic acids is 1. The fourth-order valence-electron chi connectivity index (χ4n) is 3.98. The zero-order valence-corrected chi connectivity index (χ0v) is 16.5. The zero-order chi connectivity index (χ0) is 18.9. The molecule has 0 saturated heterocycles. The largest absolute Gasteiger partial charge is 0.334 e. The average Bonchev–Trinajstić information content (AvgIpc) is 3.26. The van der Waals surface area contributed by atoms with Gasteiger partial charge >= 0.3 is 0 Å². The number of fused-ring (bicyclic) bond motifs is 2. The van der Waals surface area contributed by atoms with Gasteiger partial charge in [-0.15, -0.1) is 21.5 Å². The summed E-state index contributed by atoms with van der Waals surface area (Å²) in [4.78, 5) is 25.1. The van der Waals surface area contributed by atoms with Crippen molar-refractivity contribution in [1.82, 2.24) is 29.6 Å². The van der Waals surface area contributed by atoms with E-state index >= 15 is 0 Å². The van der Waals surface area contributed by atoms with Crippen LogP contribution in [0.2, 0.25) is 0 Å².